The van der Waals surface area contributed by atoms with E-state index in [1.807, 2.05) is 0 Å². The maximum atomic E-state index is 11.5. The van der Waals surface area contributed by atoms with E-state index in [-0.39, 0.29) is 24.3 Å². The Morgan fingerprint density at radius 2 is 1.94 bits per heavy atom. The number of urea groups is 1. The molecule has 0 aromatic rings. The average Bonchev–Trinajstić information content (AvgIpc) is 2.54. The van der Waals surface area contributed by atoms with Gasteiger partial charge in [-0.1, -0.05) is 13.8 Å². The molecule has 0 radical (unpaired) electrons. The molecule has 0 aromatic carbocycles. The van der Waals surface area contributed by atoms with Crippen LogP contribution in [0.3, 0.4) is 0 Å². The van der Waals surface area contributed by atoms with Crippen molar-refractivity contribution in [3.63, 3.8) is 0 Å². The van der Waals surface area contributed by atoms with E-state index in [2.05, 4.69) is 24.5 Å². The zero-order chi connectivity index (χ0) is 13.8. The van der Waals surface area contributed by atoms with Crippen molar-refractivity contribution < 1.29 is 19.5 Å². The van der Waals surface area contributed by atoms with Gasteiger partial charge in [-0.05, 0) is 24.7 Å². The van der Waals surface area contributed by atoms with E-state index in [1.54, 1.807) is 0 Å². The molecule has 1 aliphatic rings. The van der Waals surface area contributed by atoms with Gasteiger partial charge in [0.25, 0.3) is 0 Å². The Labute approximate surface area is 106 Å². The van der Waals surface area contributed by atoms with Gasteiger partial charge >= 0.3 is 12.0 Å². The maximum absolute atomic E-state index is 11.5. The van der Waals surface area contributed by atoms with Crippen LogP contribution < -0.4 is 10.6 Å². The first-order valence-corrected chi connectivity index (χ1v) is 6.11. The first-order chi connectivity index (χ1) is 8.28. The van der Waals surface area contributed by atoms with E-state index in [1.165, 1.54) is 0 Å². The summed E-state index contributed by atoms with van der Waals surface area (Å²) in [4.78, 5) is 33.0. The molecule has 0 bridgehead atoms. The molecule has 1 fully saturated rings. The van der Waals surface area contributed by atoms with Gasteiger partial charge in [0.2, 0.25) is 5.91 Å². The van der Waals surface area contributed by atoms with Crippen LogP contribution >= 0.6 is 0 Å². The molecule has 0 saturated heterocycles. The molecule has 3 N–H and O–H groups in total. The number of carbonyl (C=O) groups excluding carboxylic acids is 2. The summed E-state index contributed by atoms with van der Waals surface area (Å²) in [5.41, 5.74) is 0.227. The molecule has 0 heterocycles. The fraction of sp³-hybridized carbons (Fsp3) is 0.750. The zero-order valence-electron chi connectivity index (χ0n) is 10.8. The zero-order valence-corrected chi connectivity index (χ0v) is 10.8. The second kappa shape index (κ2) is 5.84. The van der Waals surface area contributed by atoms with Crippen molar-refractivity contribution in [2.45, 2.75) is 52.0 Å². The molecule has 102 valence electrons. The molecular formula is C12H20N2O4. The van der Waals surface area contributed by atoms with Crippen molar-refractivity contribution in [1.29, 1.82) is 0 Å². The molecule has 0 aliphatic heterocycles. The van der Waals surface area contributed by atoms with Crippen LogP contribution in [-0.2, 0) is 9.59 Å². The highest BCUT2D eigenvalue weighted by molar-refractivity contribution is 5.95. The van der Waals surface area contributed by atoms with Gasteiger partial charge in [0.15, 0.2) is 0 Å². The molecular weight excluding hydrogens is 236 g/mol. The SMILES string of the molecule is CC1(C)CCC(NC(=O)NC(=O)CCC(=O)O)C1. The van der Waals surface area contributed by atoms with Gasteiger partial charge in [0.1, 0.15) is 0 Å². The lowest BCUT2D eigenvalue weighted by atomic mass is 9.92. The molecule has 3 amide bonds. The predicted molar refractivity (Wildman–Crippen MR) is 65.0 cm³/mol. The highest BCUT2D eigenvalue weighted by Gasteiger charge is 2.31. The quantitative estimate of drug-likeness (QED) is 0.705. The minimum Gasteiger partial charge on any atom is -0.481 e. The number of imide groups is 1. The minimum absolute atomic E-state index is 0.0901. The van der Waals surface area contributed by atoms with Gasteiger partial charge in [0, 0.05) is 12.5 Å². The van der Waals surface area contributed by atoms with Crippen molar-refractivity contribution in [3.05, 3.63) is 0 Å². The van der Waals surface area contributed by atoms with Crippen molar-refractivity contribution in [3.8, 4) is 0 Å². The minimum atomic E-state index is -1.05. The van der Waals surface area contributed by atoms with Gasteiger partial charge in [0.05, 0.1) is 6.42 Å². The Bertz CT molecular complexity index is 352. The third kappa shape index (κ3) is 5.16. The first-order valence-electron chi connectivity index (χ1n) is 6.11. The predicted octanol–water partition coefficient (Wildman–Crippen LogP) is 1.26. The van der Waals surface area contributed by atoms with E-state index in [0.29, 0.717) is 0 Å². The number of carbonyl (C=O) groups is 3. The van der Waals surface area contributed by atoms with E-state index in [9.17, 15) is 14.4 Å². The summed E-state index contributed by atoms with van der Waals surface area (Å²) >= 11 is 0. The van der Waals surface area contributed by atoms with Gasteiger partial charge in [-0.2, -0.15) is 0 Å². The number of hydrogen-bond donors (Lipinski definition) is 3. The number of nitrogens with one attached hydrogen (secondary N) is 2. The molecule has 0 aromatic heterocycles. The molecule has 6 nitrogen and oxygen atoms in total. The van der Waals surface area contributed by atoms with Crippen molar-refractivity contribution >= 4 is 17.9 Å². The normalized spacial score (nSPS) is 21.3. The van der Waals surface area contributed by atoms with E-state index < -0.39 is 17.9 Å². The second-order valence-corrected chi connectivity index (χ2v) is 5.52. The molecule has 1 unspecified atom stereocenters. The molecule has 1 rings (SSSR count). The highest BCUT2D eigenvalue weighted by Crippen LogP contribution is 2.36. The highest BCUT2D eigenvalue weighted by atomic mass is 16.4. The van der Waals surface area contributed by atoms with Gasteiger partial charge in [-0.15, -0.1) is 0 Å². The lowest BCUT2D eigenvalue weighted by Gasteiger charge is -2.17. The summed E-state index contributed by atoms with van der Waals surface area (Å²) in [6.45, 7) is 4.29. The Hall–Kier alpha value is -1.59. The van der Waals surface area contributed by atoms with E-state index >= 15 is 0 Å². The number of carboxylic acids is 1. The van der Waals surface area contributed by atoms with Gasteiger partial charge in [-0.25, -0.2) is 4.79 Å². The van der Waals surface area contributed by atoms with Crippen LogP contribution in [0.5, 0.6) is 0 Å². The van der Waals surface area contributed by atoms with Crippen LogP contribution in [-0.4, -0.2) is 29.1 Å². The Morgan fingerprint density at radius 1 is 1.28 bits per heavy atom. The summed E-state index contributed by atoms with van der Waals surface area (Å²) in [6.07, 6.45) is 2.40. The van der Waals surface area contributed by atoms with Crippen LogP contribution in [0.4, 0.5) is 4.79 Å². The molecule has 1 saturated carbocycles. The number of amides is 3. The van der Waals surface area contributed by atoms with Gasteiger partial charge in [-0.3, -0.25) is 14.9 Å². The molecule has 18 heavy (non-hydrogen) atoms. The summed E-state index contributed by atoms with van der Waals surface area (Å²) in [5, 5.41) is 13.3. The van der Waals surface area contributed by atoms with E-state index in [4.69, 9.17) is 5.11 Å². The molecule has 6 heteroatoms. The summed E-state index contributed by atoms with van der Waals surface area (Å²) in [5.74, 6) is -1.62. The molecule has 1 atom stereocenters. The largest absolute Gasteiger partial charge is 0.481 e. The maximum Gasteiger partial charge on any atom is 0.321 e. The van der Waals surface area contributed by atoms with Crippen LogP contribution in [0.15, 0.2) is 0 Å². The summed E-state index contributed by atoms with van der Waals surface area (Å²) in [7, 11) is 0. The first kappa shape index (κ1) is 14.5. The average molecular weight is 256 g/mol. The van der Waals surface area contributed by atoms with Crippen LogP contribution in [0.25, 0.3) is 0 Å². The molecule has 1 aliphatic carbocycles. The Morgan fingerprint density at radius 3 is 2.44 bits per heavy atom. The van der Waals surface area contributed by atoms with Crippen LogP contribution in [0.2, 0.25) is 0 Å². The third-order valence-corrected chi connectivity index (χ3v) is 3.12. The number of aliphatic carboxylic acids is 1. The summed E-state index contributed by atoms with van der Waals surface area (Å²) in [6, 6.07) is -0.444. The standard InChI is InChI=1S/C12H20N2O4/c1-12(2)6-5-8(7-12)13-11(18)14-9(15)3-4-10(16)17/h8H,3-7H2,1-2H3,(H,16,17)(H2,13,14,15,18). The van der Waals surface area contributed by atoms with E-state index in [0.717, 1.165) is 19.3 Å². The fourth-order valence-corrected chi connectivity index (χ4v) is 2.19. The smallest absolute Gasteiger partial charge is 0.321 e. The number of hydrogen-bond acceptors (Lipinski definition) is 3. The monoisotopic (exact) mass is 256 g/mol. The summed E-state index contributed by atoms with van der Waals surface area (Å²) < 4.78 is 0. The topological polar surface area (TPSA) is 95.5 Å². The third-order valence-electron chi connectivity index (χ3n) is 3.12. The Balaban J connectivity index is 2.25. The lowest BCUT2D eigenvalue weighted by molar-refractivity contribution is -0.138. The molecule has 0 spiro atoms. The van der Waals surface area contributed by atoms with Crippen molar-refractivity contribution in [2.75, 3.05) is 0 Å². The van der Waals surface area contributed by atoms with Crippen molar-refractivity contribution in [1.82, 2.24) is 10.6 Å². The fourth-order valence-electron chi connectivity index (χ4n) is 2.19. The van der Waals surface area contributed by atoms with Crippen LogP contribution in [0, 0.1) is 5.41 Å². The second-order valence-electron chi connectivity index (χ2n) is 5.52. The number of rotatable bonds is 4. The van der Waals surface area contributed by atoms with Crippen molar-refractivity contribution in [2.24, 2.45) is 5.41 Å². The van der Waals surface area contributed by atoms with Gasteiger partial charge < -0.3 is 10.4 Å². The lowest BCUT2D eigenvalue weighted by Crippen LogP contribution is -2.44. The van der Waals surface area contributed by atoms with Crippen LogP contribution in [0.1, 0.15) is 46.0 Å². The Kier molecular flexibility index (Phi) is 4.69. The number of carboxylic acid groups (broad SMARTS) is 1.